The van der Waals surface area contributed by atoms with Gasteiger partial charge in [0.1, 0.15) is 18.1 Å². The molecule has 0 bridgehead atoms. The van der Waals surface area contributed by atoms with Crippen molar-refractivity contribution in [3.63, 3.8) is 0 Å². The molecule has 0 aromatic heterocycles. The minimum Gasteiger partial charge on any atom is -0.480 e. The summed E-state index contributed by atoms with van der Waals surface area (Å²) in [7, 11) is 0. The molecule has 0 rings (SSSR count). The Balaban J connectivity index is 5.20. The zero-order chi connectivity index (χ0) is 22.4. The molecule has 0 saturated heterocycles. The van der Waals surface area contributed by atoms with Crippen LogP contribution in [-0.2, 0) is 19.2 Å². The smallest absolute Gasteiger partial charge is 0.325 e. The van der Waals surface area contributed by atoms with Gasteiger partial charge < -0.3 is 38.3 Å². The number of unbranched alkanes of at least 4 members (excludes halogenated alkanes) is 2. The third kappa shape index (κ3) is 11.4. The molecule has 3 amide bonds. The number of carbonyl (C=O) groups is 4. The molecular formula is C18H36N6O5. The zero-order valence-corrected chi connectivity index (χ0v) is 17.3. The van der Waals surface area contributed by atoms with Crippen molar-refractivity contribution >= 4 is 23.7 Å². The van der Waals surface area contributed by atoms with Crippen LogP contribution < -0.4 is 33.2 Å². The van der Waals surface area contributed by atoms with E-state index in [0.29, 0.717) is 45.2 Å². The summed E-state index contributed by atoms with van der Waals surface area (Å²) in [6.07, 6.45) is 3.13. The third-order valence-electron chi connectivity index (χ3n) is 4.30. The second-order valence-corrected chi connectivity index (χ2v) is 7.05. The zero-order valence-electron chi connectivity index (χ0n) is 17.3. The largest absolute Gasteiger partial charge is 0.480 e. The standard InChI is InChI=1S/C18H36N6O5/c1-11(21)15(25)23-14(8-4-6-10-20)17(27)24-13(7-3-5-9-19)16(26)22-12(2)18(28)29/h11-14H,3-10,19-21H2,1-2H3,(H,22,26)(H,23,25)(H,24,27)(H,28,29)/t11-,12-,13-,14-/m0/s1. The number of nitrogens with two attached hydrogens (primary N) is 3. The molecular weight excluding hydrogens is 380 g/mol. The average Bonchev–Trinajstić information content (AvgIpc) is 2.65. The third-order valence-corrected chi connectivity index (χ3v) is 4.30. The summed E-state index contributed by atoms with van der Waals surface area (Å²) in [6.45, 7) is 3.71. The van der Waals surface area contributed by atoms with Gasteiger partial charge in [0.15, 0.2) is 0 Å². The van der Waals surface area contributed by atoms with Gasteiger partial charge in [-0.05, 0) is 65.5 Å². The van der Waals surface area contributed by atoms with Crippen LogP contribution >= 0.6 is 0 Å². The SMILES string of the molecule is C[C@H](N)C(=O)N[C@@H](CCCCN)C(=O)N[C@@H](CCCCN)C(=O)N[C@@H](C)C(=O)O. The van der Waals surface area contributed by atoms with E-state index in [9.17, 15) is 19.2 Å². The van der Waals surface area contributed by atoms with Gasteiger partial charge in [-0.1, -0.05) is 0 Å². The van der Waals surface area contributed by atoms with E-state index in [1.165, 1.54) is 13.8 Å². The molecule has 4 atom stereocenters. The van der Waals surface area contributed by atoms with Gasteiger partial charge in [0, 0.05) is 0 Å². The fraction of sp³-hybridized carbons (Fsp3) is 0.778. The van der Waals surface area contributed by atoms with Crippen LogP contribution in [-0.4, -0.2) is 66.1 Å². The van der Waals surface area contributed by atoms with E-state index in [-0.39, 0.29) is 6.42 Å². The average molecular weight is 417 g/mol. The highest BCUT2D eigenvalue weighted by molar-refractivity contribution is 5.93. The summed E-state index contributed by atoms with van der Waals surface area (Å²) < 4.78 is 0. The number of carboxylic acids is 1. The predicted octanol–water partition coefficient (Wildman–Crippen LogP) is -1.85. The summed E-state index contributed by atoms with van der Waals surface area (Å²) >= 11 is 0. The number of amides is 3. The van der Waals surface area contributed by atoms with E-state index >= 15 is 0 Å². The molecule has 10 N–H and O–H groups in total. The number of rotatable bonds is 15. The van der Waals surface area contributed by atoms with Gasteiger partial charge in [0.2, 0.25) is 17.7 Å². The molecule has 0 heterocycles. The Morgan fingerprint density at radius 2 is 1.17 bits per heavy atom. The van der Waals surface area contributed by atoms with Crippen molar-refractivity contribution < 1.29 is 24.3 Å². The summed E-state index contributed by atoms with van der Waals surface area (Å²) in [5.41, 5.74) is 16.5. The van der Waals surface area contributed by atoms with Crippen molar-refractivity contribution in [1.29, 1.82) is 0 Å². The monoisotopic (exact) mass is 416 g/mol. The van der Waals surface area contributed by atoms with Gasteiger partial charge in [-0.15, -0.1) is 0 Å². The van der Waals surface area contributed by atoms with Gasteiger partial charge in [0.25, 0.3) is 0 Å². The van der Waals surface area contributed by atoms with E-state index in [0.717, 1.165) is 0 Å². The van der Waals surface area contributed by atoms with Crippen LogP contribution in [0.3, 0.4) is 0 Å². The Bertz CT molecular complexity index is 543. The minimum atomic E-state index is -1.19. The molecule has 0 aromatic rings. The van der Waals surface area contributed by atoms with Gasteiger partial charge in [-0.25, -0.2) is 0 Å². The molecule has 0 aromatic carbocycles. The van der Waals surface area contributed by atoms with Crippen LogP contribution in [0, 0.1) is 0 Å². The lowest BCUT2D eigenvalue weighted by Crippen LogP contribution is -2.56. The van der Waals surface area contributed by atoms with Gasteiger partial charge >= 0.3 is 5.97 Å². The molecule has 29 heavy (non-hydrogen) atoms. The first-order valence-corrected chi connectivity index (χ1v) is 9.93. The Morgan fingerprint density at radius 1 is 0.759 bits per heavy atom. The first-order valence-electron chi connectivity index (χ1n) is 9.93. The lowest BCUT2D eigenvalue weighted by molar-refractivity contribution is -0.141. The number of hydrogen-bond donors (Lipinski definition) is 7. The van der Waals surface area contributed by atoms with Crippen molar-refractivity contribution in [3.05, 3.63) is 0 Å². The molecule has 0 unspecified atom stereocenters. The number of aliphatic carboxylic acids is 1. The Labute approximate surface area is 171 Å². The number of carbonyl (C=O) groups excluding carboxylic acids is 3. The second kappa shape index (κ2) is 14.7. The Hall–Kier alpha value is -2.24. The summed E-state index contributed by atoms with van der Waals surface area (Å²) in [5.74, 6) is -2.81. The lowest BCUT2D eigenvalue weighted by atomic mass is 10.0. The maximum atomic E-state index is 12.7. The van der Waals surface area contributed by atoms with Crippen molar-refractivity contribution in [1.82, 2.24) is 16.0 Å². The molecule has 0 spiro atoms. The van der Waals surface area contributed by atoms with E-state index in [2.05, 4.69) is 16.0 Å². The van der Waals surface area contributed by atoms with Crippen molar-refractivity contribution in [2.75, 3.05) is 13.1 Å². The first-order chi connectivity index (χ1) is 13.6. The molecule has 0 fully saturated rings. The number of hydrogen-bond acceptors (Lipinski definition) is 7. The number of carboxylic acid groups (broad SMARTS) is 1. The van der Waals surface area contributed by atoms with Gasteiger partial charge in [0.05, 0.1) is 6.04 Å². The highest BCUT2D eigenvalue weighted by Gasteiger charge is 2.28. The normalized spacial score (nSPS) is 14.9. The molecule has 0 aliphatic carbocycles. The van der Waals surface area contributed by atoms with E-state index in [4.69, 9.17) is 22.3 Å². The van der Waals surface area contributed by atoms with Crippen LogP contribution in [0.1, 0.15) is 52.4 Å². The lowest BCUT2D eigenvalue weighted by Gasteiger charge is -2.24. The molecule has 11 heteroatoms. The van der Waals surface area contributed by atoms with Crippen LogP contribution in [0.2, 0.25) is 0 Å². The van der Waals surface area contributed by atoms with Gasteiger partial charge in [-0.3, -0.25) is 19.2 Å². The fourth-order valence-corrected chi connectivity index (χ4v) is 2.47. The summed E-state index contributed by atoms with van der Waals surface area (Å²) in [5, 5.41) is 16.5. The molecule has 0 saturated carbocycles. The van der Waals surface area contributed by atoms with Crippen LogP contribution in [0.4, 0.5) is 0 Å². The van der Waals surface area contributed by atoms with Crippen molar-refractivity contribution in [2.45, 2.75) is 76.5 Å². The van der Waals surface area contributed by atoms with Crippen LogP contribution in [0.15, 0.2) is 0 Å². The molecule has 0 aliphatic rings. The van der Waals surface area contributed by atoms with E-state index in [1.807, 2.05) is 0 Å². The number of nitrogens with one attached hydrogen (secondary N) is 3. The maximum Gasteiger partial charge on any atom is 0.325 e. The highest BCUT2D eigenvalue weighted by atomic mass is 16.4. The quantitative estimate of drug-likeness (QED) is 0.151. The molecule has 168 valence electrons. The van der Waals surface area contributed by atoms with Crippen LogP contribution in [0.5, 0.6) is 0 Å². The predicted molar refractivity (Wildman–Crippen MR) is 109 cm³/mol. The highest BCUT2D eigenvalue weighted by Crippen LogP contribution is 2.06. The van der Waals surface area contributed by atoms with E-state index in [1.54, 1.807) is 0 Å². The van der Waals surface area contributed by atoms with Gasteiger partial charge in [-0.2, -0.15) is 0 Å². The second-order valence-electron chi connectivity index (χ2n) is 7.05. The molecule has 0 aliphatic heterocycles. The van der Waals surface area contributed by atoms with Crippen LogP contribution in [0.25, 0.3) is 0 Å². The first kappa shape index (κ1) is 26.8. The Kier molecular flexibility index (Phi) is 13.6. The Morgan fingerprint density at radius 3 is 1.55 bits per heavy atom. The topological polar surface area (TPSA) is 203 Å². The summed E-state index contributed by atoms with van der Waals surface area (Å²) in [6, 6.07) is -3.71. The minimum absolute atomic E-state index is 0.290. The van der Waals surface area contributed by atoms with E-state index < -0.39 is 47.9 Å². The molecule has 11 nitrogen and oxygen atoms in total. The van der Waals surface area contributed by atoms with Crippen molar-refractivity contribution in [2.24, 2.45) is 17.2 Å². The maximum absolute atomic E-state index is 12.7. The fourth-order valence-electron chi connectivity index (χ4n) is 2.47. The summed E-state index contributed by atoms with van der Waals surface area (Å²) in [4.78, 5) is 48.1. The van der Waals surface area contributed by atoms with Crippen molar-refractivity contribution in [3.8, 4) is 0 Å². The molecule has 0 radical (unpaired) electrons.